The molecule has 1 aromatic rings. The van der Waals surface area contributed by atoms with Gasteiger partial charge < -0.3 is 5.32 Å². The van der Waals surface area contributed by atoms with E-state index in [2.05, 4.69) is 5.32 Å². The third kappa shape index (κ3) is 3.81. The van der Waals surface area contributed by atoms with E-state index in [-0.39, 0.29) is 24.0 Å². The summed E-state index contributed by atoms with van der Waals surface area (Å²) in [6.07, 6.45) is 1.74. The number of rotatable bonds is 3. The SMILES string of the molecule is Cc1cc(Cl)ccc1NC(=O)CC1C=CS(=O)(=O)C1. The molecule has 1 atom stereocenters. The largest absolute Gasteiger partial charge is 0.326 e. The fourth-order valence-electron chi connectivity index (χ4n) is 1.97. The number of anilines is 1. The molecule has 0 saturated heterocycles. The van der Waals surface area contributed by atoms with E-state index in [1.807, 2.05) is 6.92 Å². The second-order valence-electron chi connectivity index (χ2n) is 4.63. The Morgan fingerprint density at radius 3 is 2.79 bits per heavy atom. The Morgan fingerprint density at radius 2 is 2.21 bits per heavy atom. The fourth-order valence-corrected chi connectivity index (χ4v) is 3.60. The molecule has 1 aliphatic heterocycles. The number of nitrogens with one attached hydrogen (secondary N) is 1. The van der Waals surface area contributed by atoms with E-state index in [1.165, 1.54) is 5.41 Å². The molecular weight excluding hydrogens is 286 g/mol. The lowest BCUT2D eigenvalue weighted by molar-refractivity contribution is -0.116. The van der Waals surface area contributed by atoms with Crippen molar-refractivity contribution in [2.75, 3.05) is 11.1 Å². The summed E-state index contributed by atoms with van der Waals surface area (Å²) in [4.78, 5) is 11.8. The highest BCUT2D eigenvalue weighted by molar-refractivity contribution is 7.94. The van der Waals surface area contributed by atoms with Crippen LogP contribution in [0.4, 0.5) is 5.69 Å². The van der Waals surface area contributed by atoms with E-state index in [9.17, 15) is 13.2 Å². The van der Waals surface area contributed by atoms with Crippen molar-refractivity contribution < 1.29 is 13.2 Å². The van der Waals surface area contributed by atoms with Crippen LogP contribution in [0.3, 0.4) is 0 Å². The van der Waals surface area contributed by atoms with Crippen LogP contribution in [0.15, 0.2) is 29.7 Å². The van der Waals surface area contributed by atoms with E-state index in [4.69, 9.17) is 11.6 Å². The first-order valence-corrected chi connectivity index (χ1v) is 7.92. The van der Waals surface area contributed by atoms with Gasteiger partial charge in [0.25, 0.3) is 0 Å². The summed E-state index contributed by atoms with van der Waals surface area (Å²) in [5.41, 5.74) is 1.56. The number of amides is 1. The van der Waals surface area contributed by atoms with Gasteiger partial charge in [-0.05, 0) is 30.7 Å². The molecule has 0 saturated carbocycles. The van der Waals surface area contributed by atoms with Crippen molar-refractivity contribution in [3.05, 3.63) is 40.3 Å². The van der Waals surface area contributed by atoms with Crippen molar-refractivity contribution in [3.8, 4) is 0 Å². The van der Waals surface area contributed by atoms with Gasteiger partial charge in [0.1, 0.15) is 0 Å². The van der Waals surface area contributed by atoms with Gasteiger partial charge in [-0.15, -0.1) is 0 Å². The molecule has 0 aliphatic carbocycles. The molecule has 0 aromatic heterocycles. The first-order chi connectivity index (χ1) is 8.85. The first-order valence-electron chi connectivity index (χ1n) is 5.83. The summed E-state index contributed by atoms with van der Waals surface area (Å²) in [5.74, 6) is -0.421. The maximum absolute atomic E-state index is 11.8. The van der Waals surface area contributed by atoms with Crippen LogP contribution in [0.25, 0.3) is 0 Å². The van der Waals surface area contributed by atoms with Crippen LogP contribution in [0.5, 0.6) is 0 Å². The van der Waals surface area contributed by atoms with Crippen LogP contribution in [0.1, 0.15) is 12.0 Å². The minimum absolute atomic E-state index is 0.0139. The number of benzene rings is 1. The minimum Gasteiger partial charge on any atom is -0.326 e. The molecular formula is C13H14ClNO3S. The number of aryl methyl sites for hydroxylation is 1. The molecule has 2 rings (SSSR count). The summed E-state index contributed by atoms with van der Waals surface area (Å²) in [6, 6.07) is 5.19. The summed E-state index contributed by atoms with van der Waals surface area (Å²) in [6.45, 7) is 1.85. The van der Waals surface area contributed by atoms with Crippen LogP contribution in [0.2, 0.25) is 5.02 Å². The fraction of sp³-hybridized carbons (Fsp3) is 0.308. The minimum atomic E-state index is -3.11. The number of sulfone groups is 1. The summed E-state index contributed by atoms with van der Waals surface area (Å²) in [5, 5.41) is 4.56. The molecule has 4 nitrogen and oxygen atoms in total. The molecule has 6 heteroatoms. The Bertz CT molecular complexity index is 637. The topological polar surface area (TPSA) is 63.2 Å². The Hall–Kier alpha value is -1.33. The molecule has 102 valence electrons. The van der Waals surface area contributed by atoms with Crippen LogP contribution >= 0.6 is 11.6 Å². The molecule has 1 unspecified atom stereocenters. The molecule has 19 heavy (non-hydrogen) atoms. The van der Waals surface area contributed by atoms with Crippen LogP contribution in [0, 0.1) is 12.8 Å². The highest BCUT2D eigenvalue weighted by Gasteiger charge is 2.23. The molecule has 1 amide bonds. The Balaban J connectivity index is 1.97. The van der Waals surface area contributed by atoms with E-state index in [0.29, 0.717) is 10.7 Å². The van der Waals surface area contributed by atoms with Crippen LogP contribution in [-0.4, -0.2) is 20.1 Å². The Labute approximate surface area is 117 Å². The van der Waals surface area contributed by atoms with Gasteiger partial charge >= 0.3 is 0 Å². The normalized spacial score (nSPS) is 20.4. The molecule has 1 N–H and O–H groups in total. The number of allylic oxidation sites excluding steroid dienone is 1. The lowest BCUT2D eigenvalue weighted by Gasteiger charge is -2.10. The van der Waals surface area contributed by atoms with Crippen LogP contribution < -0.4 is 5.32 Å². The molecule has 0 spiro atoms. The van der Waals surface area contributed by atoms with E-state index < -0.39 is 9.84 Å². The number of hydrogen-bond donors (Lipinski definition) is 1. The standard InChI is InChI=1S/C13H14ClNO3S/c1-9-6-11(14)2-3-12(9)15-13(16)7-10-4-5-19(17,18)8-10/h2-6,10H,7-8H2,1H3,(H,15,16). The van der Waals surface area contributed by atoms with Crippen molar-refractivity contribution in [1.82, 2.24) is 0 Å². The summed E-state index contributed by atoms with van der Waals surface area (Å²) >= 11 is 5.83. The predicted octanol–water partition coefficient (Wildman–Crippen LogP) is 2.54. The maximum atomic E-state index is 11.8. The Kier molecular flexibility index (Phi) is 3.96. The monoisotopic (exact) mass is 299 g/mol. The van der Waals surface area contributed by atoms with E-state index in [0.717, 1.165) is 5.56 Å². The zero-order valence-electron chi connectivity index (χ0n) is 10.4. The quantitative estimate of drug-likeness (QED) is 0.933. The van der Waals surface area contributed by atoms with Crippen molar-refractivity contribution in [2.24, 2.45) is 5.92 Å². The maximum Gasteiger partial charge on any atom is 0.225 e. The van der Waals surface area contributed by atoms with Gasteiger partial charge in [-0.1, -0.05) is 17.7 Å². The third-order valence-electron chi connectivity index (χ3n) is 2.91. The van der Waals surface area contributed by atoms with Gasteiger partial charge in [-0.3, -0.25) is 4.79 Å². The van der Waals surface area contributed by atoms with Crippen molar-refractivity contribution >= 4 is 33.0 Å². The zero-order chi connectivity index (χ0) is 14.0. The molecule has 1 heterocycles. The molecule has 0 fully saturated rings. The zero-order valence-corrected chi connectivity index (χ0v) is 12.0. The molecule has 0 bridgehead atoms. The van der Waals surface area contributed by atoms with Gasteiger partial charge in [-0.2, -0.15) is 0 Å². The lowest BCUT2D eigenvalue weighted by atomic mass is 10.1. The second-order valence-corrected chi connectivity index (χ2v) is 7.00. The number of hydrogen-bond acceptors (Lipinski definition) is 3. The average molecular weight is 300 g/mol. The van der Waals surface area contributed by atoms with Crippen LogP contribution in [-0.2, 0) is 14.6 Å². The van der Waals surface area contributed by atoms with E-state index >= 15 is 0 Å². The predicted molar refractivity (Wildman–Crippen MR) is 75.9 cm³/mol. The first kappa shape index (κ1) is 14.1. The van der Waals surface area contributed by atoms with Gasteiger partial charge in [0.05, 0.1) is 5.75 Å². The molecule has 0 radical (unpaired) electrons. The summed E-state index contributed by atoms with van der Waals surface area (Å²) in [7, 11) is -3.11. The smallest absolute Gasteiger partial charge is 0.225 e. The number of carbonyl (C=O) groups is 1. The van der Waals surface area contributed by atoms with Crippen molar-refractivity contribution in [3.63, 3.8) is 0 Å². The highest BCUT2D eigenvalue weighted by Crippen LogP contribution is 2.22. The molecule has 1 aliphatic rings. The second kappa shape index (κ2) is 5.35. The van der Waals surface area contributed by atoms with Gasteiger partial charge in [0.15, 0.2) is 9.84 Å². The summed E-state index contributed by atoms with van der Waals surface area (Å²) < 4.78 is 22.5. The van der Waals surface area contributed by atoms with Gasteiger partial charge in [0, 0.05) is 28.5 Å². The van der Waals surface area contributed by atoms with Crippen molar-refractivity contribution in [1.29, 1.82) is 0 Å². The molecule has 1 aromatic carbocycles. The average Bonchev–Trinajstić information content (AvgIpc) is 2.62. The van der Waals surface area contributed by atoms with Crippen molar-refractivity contribution in [2.45, 2.75) is 13.3 Å². The van der Waals surface area contributed by atoms with Gasteiger partial charge in [-0.25, -0.2) is 8.42 Å². The number of carbonyl (C=O) groups excluding carboxylic acids is 1. The third-order valence-corrected chi connectivity index (χ3v) is 4.61. The highest BCUT2D eigenvalue weighted by atomic mass is 35.5. The Morgan fingerprint density at radius 1 is 1.47 bits per heavy atom. The van der Waals surface area contributed by atoms with Gasteiger partial charge in [0.2, 0.25) is 5.91 Å². The number of halogens is 1. The lowest BCUT2D eigenvalue weighted by Crippen LogP contribution is -2.18. The van der Waals surface area contributed by atoms with E-state index in [1.54, 1.807) is 24.3 Å².